The molecule has 0 saturated heterocycles. The van der Waals surface area contributed by atoms with Crippen LogP contribution in [0.15, 0.2) is 24.3 Å². The summed E-state index contributed by atoms with van der Waals surface area (Å²) in [6.45, 7) is 4.39. The summed E-state index contributed by atoms with van der Waals surface area (Å²) < 4.78 is 0. The van der Waals surface area contributed by atoms with Gasteiger partial charge in [-0.1, -0.05) is 49.7 Å². The normalized spacial score (nSPS) is 11.6. The largest absolute Gasteiger partial charge is 0.104 e. The molecule has 0 saturated carbocycles. The fraction of sp³-hybridized carbons (Fsp3) is 0.429. The van der Waals surface area contributed by atoms with Crippen molar-refractivity contribution in [3.8, 4) is 0 Å². The van der Waals surface area contributed by atoms with Gasteiger partial charge >= 0.3 is 0 Å². The summed E-state index contributed by atoms with van der Waals surface area (Å²) in [6, 6.07) is 9.08. The van der Waals surface area contributed by atoms with Crippen LogP contribution in [0.5, 0.6) is 0 Å². The summed E-state index contributed by atoms with van der Waals surface area (Å²) in [5.74, 6) is 4.64. The first kappa shape index (κ1) is 13.6. The third kappa shape index (κ3) is 5.59. The molecular formula is C14H20P2. The van der Waals surface area contributed by atoms with Crippen LogP contribution in [0.3, 0.4) is 0 Å². The number of hydrogen-bond donors (Lipinski definition) is 0. The van der Waals surface area contributed by atoms with E-state index in [2.05, 4.69) is 49.7 Å². The molecular weight excluding hydrogens is 230 g/mol. The first-order valence-electron chi connectivity index (χ1n) is 5.91. The van der Waals surface area contributed by atoms with Gasteiger partial charge in [0.1, 0.15) is 0 Å². The van der Waals surface area contributed by atoms with E-state index in [9.17, 15) is 0 Å². The second-order valence-corrected chi connectivity index (χ2v) is 5.77. The Kier molecular flexibility index (Phi) is 7.39. The van der Waals surface area contributed by atoms with Gasteiger partial charge in [-0.15, -0.1) is 16.4 Å². The van der Waals surface area contributed by atoms with Crippen LogP contribution in [-0.4, -0.2) is 11.6 Å². The number of benzene rings is 1. The molecule has 0 atom stereocenters. The zero-order chi connectivity index (χ0) is 11.6. The van der Waals surface area contributed by atoms with E-state index in [-0.39, 0.29) is 0 Å². The fourth-order valence-electron chi connectivity index (χ4n) is 1.35. The molecule has 1 aromatic carbocycles. The van der Waals surface area contributed by atoms with Gasteiger partial charge in [0.25, 0.3) is 0 Å². The van der Waals surface area contributed by atoms with E-state index in [1.54, 1.807) is 0 Å². The summed E-state index contributed by atoms with van der Waals surface area (Å²) >= 11 is 0. The van der Waals surface area contributed by atoms with Crippen LogP contribution >= 0.6 is 16.4 Å². The molecule has 0 aliphatic heterocycles. The summed E-state index contributed by atoms with van der Waals surface area (Å²) in [4.78, 5) is 0. The maximum atomic E-state index is 2.32. The van der Waals surface area contributed by atoms with Gasteiger partial charge in [-0.25, -0.2) is 0 Å². The van der Waals surface area contributed by atoms with Crippen molar-refractivity contribution in [1.29, 1.82) is 0 Å². The van der Waals surface area contributed by atoms with Gasteiger partial charge < -0.3 is 0 Å². The molecule has 0 spiro atoms. The highest BCUT2D eigenvalue weighted by molar-refractivity contribution is 7.37. The van der Waals surface area contributed by atoms with Crippen LogP contribution < -0.4 is 0 Å². The lowest BCUT2D eigenvalue weighted by Gasteiger charge is -1.99. The summed E-state index contributed by atoms with van der Waals surface area (Å²) in [5.41, 5.74) is 2.90. The van der Waals surface area contributed by atoms with Crippen molar-refractivity contribution in [2.45, 2.75) is 39.0 Å². The minimum absolute atomic E-state index is 1.16. The van der Waals surface area contributed by atoms with Crippen molar-refractivity contribution >= 4 is 28.0 Å². The smallest absolute Gasteiger partial charge is 0.0143 e. The minimum atomic E-state index is 1.16. The molecule has 1 aromatic rings. The Balaban J connectivity index is 2.47. The molecule has 0 aromatic heterocycles. The maximum absolute atomic E-state index is 2.32. The van der Waals surface area contributed by atoms with E-state index < -0.39 is 0 Å². The SMILES string of the molecule is CCC=PCc1ccc(CP=CCC)cc1. The molecule has 0 fully saturated rings. The van der Waals surface area contributed by atoms with Crippen LogP contribution in [-0.2, 0) is 12.3 Å². The minimum Gasteiger partial charge on any atom is -0.104 e. The Bertz CT molecular complexity index is 301. The molecule has 0 aliphatic rings. The monoisotopic (exact) mass is 250 g/mol. The maximum Gasteiger partial charge on any atom is 0.0143 e. The third-order valence-corrected chi connectivity index (χ3v) is 4.54. The number of rotatable bonds is 6. The topological polar surface area (TPSA) is 0 Å². The molecule has 1 rings (SSSR count). The molecule has 0 amide bonds. The second kappa shape index (κ2) is 8.68. The van der Waals surface area contributed by atoms with Crippen LogP contribution in [0.1, 0.15) is 37.8 Å². The van der Waals surface area contributed by atoms with E-state index in [4.69, 9.17) is 0 Å². The predicted molar refractivity (Wildman–Crippen MR) is 80.4 cm³/mol. The summed E-state index contributed by atoms with van der Waals surface area (Å²) in [6.07, 6.45) is 4.66. The Hall–Kier alpha value is -0.440. The van der Waals surface area contributed by atoms with Crippen molar-refractivity contribution in [3.63, 3.8) is 0 Å². The van der Waals surface area contributed by atoms with E-state index >= 15 is 0 Å². The highest BCUT2D eigenvalue weighted by Gasteiger charge is 1.92. The molecule has 0 N–H and O–H groups in total. The van der Waals surface area contributed by atoms with E-state index in [0.717, 1.165) is 12.3 Å². The van der Waals surface area contributed by atoms with Crippen molar-refractivity contribution in [2.75, 3.05) is 0 Å². The molecule has 0 unspecified atom stereocenters. The molecule has 0 nitrogen and oxygen atoms in total. The van der Waals surface area contributed by atoms with Crippen LogP contribution in [0.2, 0.25) is 0 Å². The standard InChI is InChI=1S/C14H20P2/c1-3-9-15-11-13-5-7-14(8-6-13)12-16-10-4-2/h5-10H,3-4,11-12H2,1-2H3. The van der Waals surface area contributed by atoms with Gasteiger partial charge in [0, 0.05) is 12.3 Å². The Morgan fingerprint density at radius 2 is 1.19 bits per heavy atom. The van der Waals surface area contributed by atoms with Crippen LogP contribution in [0.25, 0.3) is 0 Å². The van der Waals surface area contributed by atoms with Gasteiger partial charge in [0.05, 0.1) is 0 Å². The first-order chi connectivity index (χ1) is 7.86. The van der Waals surface area contributed by atoms with Gasteiger partial charge in [-0.2, -0.15) is 0 Å². The molecule has 0 radical (unpaired) electrons. The highest BCUT2D eigenvalue weighted by Crippen LogP contribution is 2.15. The Labute approximate surface area is 103 Å². The Morgan fingerprint density at radius 3 is 1.50 bits per heavy atom. The van der Waals surface area contributed by atoms with Gasteiger partial charge in [0.2, 0.25) is 0 Å². The summed E-state index contributed by atoms with van der Waals surface area (Å²) in [5, 5.41) is 0. The fourth-order valence-corrected chi connectivity index (χ4v) is 2.97. The van der Waals surface area contributed by atoms with Crippen molar-refractivity contribution in [2.24, 2.45) is 0 Å². The molecule has 0 aliphatic carbocycles. The van der Waals surface area contributed by atoms with Gasteiger partial charge in [-0.3, -0.25) is 0 Å². The molecule has 0 bridgehead atoms. The van der Waals surface area contributed by atoms with Gasteiger partial charge in [-0.05, 0) is 24.0 Å². The zero-order valence-electron chi connectivity index (χ0n) is 10.2. The molecule has 0 heterocycles. The lowest BCUT2D eigenvalue weighted by Crippen LogP contribution is -1.81. The number of hydrogen-bond acceptors (Lipinski definition) is 0. The predicted octanol–water partition coefficient (Wildman–Crippen LogP) is 5.00. The quantitative estimate of drug-likeness (QED) is 0.623. The molecule has 86 valence electrons. The average molecular weight is 250 g/mol. The molecule has 16 heavy (non-hydrogen) atoms. The van der Waals surface area contributed by atoms with Crippen LogP contribution in [0, 0.1) is 0 Å². The third-order valence-electron chi connectivity index (χ3n) is 2.19. The Morgan fingerprint density at radius 1 is 0.812 bits per heavy atom. The van der Waals surface area contributed by atoms with Crippen molar-refractivity contribution in [1.82, 2.24) is 0 Å². The lowest BCUT2D eigenvalue weighted by atomic mass is 10.2. The lowest BCUT2D eigenvalue weighted by molar-refractivity contribution is 1.33. The highest BCUT2D eigenvalue weighted by atomic mass is 31.1. The summed E-state index contributed by atoms with van der Waals surface area (Å²) in [7, 11) is 2.88. The van der Waals surface area contributed by atoms with Crippen molar-refractivity contribution < 1.29 is 0 Å². The van der Waals surface area contributed by atoms with E-state index in [1.165, 1.54) is 40.4 Å². The van der Waals surface area contributed by atoms with Crippen LogP contribution in [0.4, 0.5) is 0 Å². The van der Waals surface area contributed by atoms with Crippen molar-refractivity contribution in [3.05, 3.63) is 35.4 Å². The van der Waals surface area contributed by atoms with Gasteiger partial charge in [0.15, 0.2) is 0 Å². The van der Waals surface area contributed by atoms with E-state index in [1.807, 2.05) is 0 Å². The first-order valence-corrected chi connectivity index (χ1v) is 8.21. The zero-order valence-corrected chi connectivity index (χ0v) is 12.0. The second-order valence-electron chi connectivity index (χ2n) is 3.68. The van der Waals surface area contributed by atoms with E-state index in [0.29, 0.717) is 0 Å². The molecule has 2 heteroatoms. The average Bonchev–Trinajstić information content (AvgIpc) is 2.32.